The molecule has 2 N–H and O–H groups in total. The number of aromatic nitrogens is 4. The third-order valence-corrected chi connectivity index (χ3v) is 5.56. The van der Waals surface area contributed by atoms with E-state index in [1.807, 2.05) is 30.3 Å². The maximum absolute atomic E-state index is 12.2. The minimum atomic E-state index is -0.128. The van der Waals surface area contributed by atoms with Gasteiger partial charge in [0, 0.05) is 30.7 Å². The van der Waals surface area contributed by atoms with Crippen LogP contribution in [0.5, 0.6) is 0 Å². The van der Waals surface area contributed by atoms with E-state index in [2.05, 4.69) is 25.9 Å². The highest BCUT2D eigenvalue weighted by molar-refractivity contribution is 8.01. The molecule has 1 aromatic carbocycles. The summed E-state index contributed by atoms with van der Waals surface area (Å²) in [7, 11) is 3.56. The molecule has 0 unspecified atom stereocenters. The summed E-state index contributed by atoms with van der Waals surface area (Å²) in [4.78, 5) is 12.2. The second kappa shape index (κ2) is 7.85. The third kappa shape index (κ3) is 4.50. The number of halogens is 1. The normalized spacial score (nSPS) is 10.7. The van der Waals surface area contributed by atoms with Crippen LogP contribution in [0, 0.1) is 0 Å². The van der Waals surface area contributed by atoms with Gasteiger partial charge in [-0.2, -0.15) is 5.10 Å². The molecule has 0 aliphatic carbocycles. The largest absolute Gasteiger partial charge is 0.363 e. The van der Waals surface area contributed by atoms with E-state index in [0.717, 1.165) is 20.7 Å². The van der Waals surface area contributed by atoms with E-state index >= 15 is 0 Å². The molecule has 3 aromatic rings. The maximum atomic E-state index is 12.2. The average Bonchev–Trinajstić information content (AvgIpc) is 3.21. The molecule has 25 heavy (non-hydrogen) atoms. The van der Waals surface area contributed by atoms with E-state index in [9.17, 15) is 4.79 Å². The van der Waals surface area contributed by atoms with Crippen LogP contribution < -0.4 is 10.6 Å². The van der Waals surface area contributed by atoms with Crippen molar-refractivity contribution in [2.24, 2.45) is 7.05 Å². The lowest BCUT2D eigenvalue weighted by Gasteiger charge is -2.03. The van der Waals surface area contributed by atoms with Crippen molar-refractivity contribution in [3.63, 3.8) is 0 Å². The van der Waals surface area contributed by atoms with Crippen LogP contribution >= 0.6 is 34.7 Å². The predicted octanol–water partition coefficient (Wildman–Crippen LogP) is 3.36. The Labute approximate surface area is 157 Å². The number of nitrogens with zero attached hydrogens (tertiary/aromatic N) is 4. The second-order valence-corrected chi connectivity index (χ2v) is 7.64. The zero-order chi connectivity index (χ0) is 17.8. The molecule has 0 fully saturated rings. The molecule has 0 saturated heterocycles. The van der Waals surface area contributed by atoms with Gasteiger partial charge < -0.3 is 10.6 Å². The fraction of sp³-hybridized carbons (Fsp3) is 0.200. The lowest BCUT2D eigenvalue weighted by Crippen LogP contribution is -2.16. The molecule has 1 amide bonds. The Bertz CT molecular complexity index is 877. The van der Waals surface area contributed by atoms with Crippen LogP contribution in [0.15, 0.2) is 34.7 Å². The van der Waals surface area contributed by atoms with Gasteiger partial charge in [0.25, 0.3) is 0 Å². The van der Waals surface area contributed by atoms with Crippen molar-refractivity contribution in [2.45, 2.75) is 4.34 Å². The van der Waals surface area contributed by atoms with Crippen LogP contribution in [0.25, 0.3) is 11.3 Å². The van der Waals surface area contributed by atoms with E-state index in [1.54, 1.807) is 18.8 Å². The first kappa shape index (κ1) is 17.7. The summed E-state index contributed by atoms with van der Waals surface area (Å²) in [5.41, 5.74) is 1.70. The molecule has 130 valence electrons. The molecule has 7 nitrogen and oxygen atoms in total. The fourth-order valence-corrected chi connectivity index (χ4v) is 3.65. The lowest BCUT2D eigenvalue weighted by molar-refractivity contribution is -0.113. The fourth-order valence-electron chi connectivity index (χ4n) is 2.02. The number of hydrogen-bond acceptors (Lipinski definition) is 7. The topological polar surface area (TPSA) is 84.7 Å². The molecule has 0 bridgehead atoms. The molecule has 3 rings (SSSR count). The van der Waals surface area contributed by atoms with Gasteiger partial charge in [0.1, 0.15) is 5.82 Å². The summed E-state index contributed by atoms with van der Waals surface area (Å²) in [6.45, 7) is 0. The Morgan fingerprint density at radius 1 is 1.32 bits per heavy atom. The minimum Gasteiger partial charge on any atom is -0.363 e. The van der Waals surface area contributed by atoms with Crippen LogP contribution in [-0.4, -0.2) is 38.7 Å². The number of anilines is 2. The molecule has 10 heteroatoms. The van der Waals surface area contributed by atoms with Crippen LogP contribution in [0.4, 0.5) is 10.9 Å². The lowest BCUT2D eigenvalue weighted by atomic mass is 10.1. The number of thioether (sulfide) groups is 1. The highest BCUT2D eigenvalue weighted by Crippen LogP contribution is 2.26. The molecular weight excluding hydrogens is 380 g/mol. The first-order valence-electron chi connectivity index (χ1n) is 7.29. The third-order valence-electron chi connectivity index (χ3n) is 3.23. The van der Waals surface area contributed by atoms with Crippen LogP contribution in [0.1, 0.15) is 0 Å². The van der Waals surface area contributed by atoms with Crippen molar-refractivity contribution in [1.29, 1.82) is 0 Å². The standard InChI is InChI=1S/C15H15ClN6OS2/c1-17-14-19-20-15(25-14)24-8-13(23)18-12-7-11(21-22(12)2)9-3-5-10(16)6-4-9/h3-7H,8H2,1-2H3,(H,17,19)(H,18,23). The summed E-state index contributed by atoms with van der Waals surface area (Å²) in [5, 5.41) is 19.5. The first-order valence-corrected chi connectivity index (χ1v) is 9.47. The zero-order valence-corrected chi connectivity index (χ0v) is 15.9. The van der Waals surface area contributed by atoms with Crippen molar-refractivity contribution in [1.82, 2.24) is 20.0 Å². The predicted molar refractivity (Wildman–Crippen MR) is 102 cm³/mol. The van der Waals surface area contributed by atoms with E-state index in [0.29, 0.717) is 10.8 Å². The van der Waals surface area contributed by atoms with Gasteiger partial charge in [-0.15, -0.1) is 10.2 Å². The van der Waals surface area contributed by atoms with Gasteiger partial charge in [-0.05, 0) is 12.1 Å². The van der Waals surface area contributed by atoms with E-state index < -0.39 is 0 Å². The number of carbonyl (C=O) groups is 1. The summed E-state index contributed by atoms with van der Waals surface area (Å²) >= 11 is 8.65. The van der Waals surface area contributed by atoms with Gasteiger partial charge in [0.05, 0.1) is 11.4 Å². The summed E-state index contributed by atoms with van der Waals surface area (Å²) in [6.07, 6.45) is 0. The first-order chi connectivity index (χ1) is 12.0. The number of aryl methyl sites for hydroxylation is 1. The highest BCUT2D eigenvalue weighted by atomic mass is 35.5. The number of rotatable bonds is 6. The maximum Gasteiger partial charge on any atom is 0.235 e. The van der Waals surface area contributed by atoms with Crippen molar-refractivity contribution < 1.29 is 4.79 Å². The number of hydrogen-bond donors (Lipinski definition) is 2. The van der Waals surface area contributed by atoms with E-state index in [-0.39, 0.29) is 11.7 Å². The van der Waals surface area contributed by atoms with Crippen molar-refractivity contribution in [3.8, 4) is 11.3 Å². The summed E-state index contributed by atoms with van der Waals surface area (Å²) < 4.78 is 2.38. The van der Waals surface area contributed by atoms with Crippen molar-refractivity contribution in [2.75, 3.05) is 23.4 Å². The number of carbonyl (C=O) groups excluding carboxylic acids is 1. The highest BCUT2D eigenvalue weighted by Gasteiger charge is 2.12. The van der Waals surface area contributed by atoms with Crippen LogP contribution in [0.2, 0.25) is 5.02 Å². The Kier molecular flexibility index (Phi) is 5.57. The summed E-state index contributed by atoms with van der Waals surface area (Å²) in [6, 6.07) is 9.22. The number of nitrogens with one attached hydrogen (secondary N) is 2. The van der Waals surface area contributed by atoms with E-state index in [1.165, 1.54) is 23.1 Å². The zero-order valence-electron chi connectivity index (χ0n) is 13.5. The quantitative estimate of drug-likeness (QED) is 0.623. The monoisotopic (exact) mass is 394 g/mol. The van der Waals surface area contributed by atoms with Crippen molar-refractivity contribution in [3.05, 3.63) is 35.4 Å². The van der Waals surface area contributed by atoms with Gasteiger partial charge >= 0.3 is 0 Å². The van der Waals surface area contributed by atoms with Crippen LogP contribution in [0.3, 0.4) is 0 Å². The minimum absolute atomic E-state index is 0.128. The number of amides is 1. The molecule has 0 saturated carbocycles. The van der Waals surface area contributed by atoms with Crippen LogP contribution in [-0.2, 0) is 11.8 Å². The number of benzene rings is 1. The Balaban J connectivity index is 1.62. The molecule has 0 aliphatic heterocycles. The van der Waals surface area contributed by atoms with Gasteiger partial charge in [-0.1, -0.05) is 46.8 Å². The Morgan fingerprint density at radius 3 is 2.76 bits per heavy atom. The van der Waals surface area contributed by atoms with Crippen molar-refractivity contribution >= 4 is 51.6 Å². The SMILES string of the molecule is CNc1nnc(SCC(=O)Nc2cc(-c3ccc(Cl)cc3)nn2C)s1. The van der Waals surface area contributed by atoms with E-state index in [4.69, 9.17) is 11.6 Å². The van der Waals surface area contributed by atoms with Gasteiger partial charge in [-0.25, -0.2) is 0 Å². The molecular formula is C15H15ClN6OS2. The smallest absolute Gasteiger partial charge is 0.235 e. The summed E-state index contributed by atoms with van der Waals surface area (Å²) in [5.74, 6) is 0.750. The average molecular weight is 395 g/mol. The molecule has 0 spiro atoms. The Morgan fingerprint density at radius 2 is 2.08 bits per heavy atom. The molecule has 0 radical (unpaired) electrons. The molecule has 2 heterocycles. The molecule has 0 atom stereocenters. The second-order valence-electron chi connectivity index (χ2n) is 5.01. The van der Waals surface area contributed by atoms with Gasteiger partial charge in [-0.3, -0.25) is 9.48 Å². The van der Waals surface area contributed by atoms with Gasteiger partial charge in [0.2, 0.25) is 11.0 Å². The molecule has 0 aliphatic rings. The molecule has 2 aromatic heterocycles. The Hall–Kier alpha value is -2.10. The van der Waals surface area contributed by atoms with Gasteiger partial charge in [0.15, 0.2) is 4.34 Å².